The molecule has 2 N–H and O–H groups in total. The largest absolute Gasteiger partial charge is 0.480 e. The maximum absolute atomic E-state index is 13.3. The van der Waals surface area contributed by atoms with Crippen LogP contribution in [-0.4, -0.2) is 36.8 Å². The van der Waals surface area contributed by atoms with E-state index in [1.165, 1.54) is 11.6 Å². The number of hydrogen-bond donors (Lipinski definition) is 2. The minimum atomic E-state index is -0.866. The number of halogens is 1. The Kier molecular flexibility index (Phi) is 4.83. The number of nitrogens with zero attached hydrogens (tertiary/aromatic N) is 1. The first-order valence-electron chi connectivity index (χ1n) is 7.42. The molecule has 1 atom stereocenters. The molecule has 0 amide bonds. The van der Waals surface area contributed by atoms with Gasteiger partial charge in [-0.05, 0) is 57.4 Å². The normalized spacial score (nSPS) is 16.6. The summed E-state index contributed by atoms with van der Waals surface area (Å²) < 4.78 is 13.3. The van der Waals surface area contributed by atoms with Crippen LogP contribution in [0.15, 0.2) is 18.2 Å². The van der Waals surface area contributed by atoms with Crippen molar-refractivity contribution < 1.29 is 14.3 Å². The maximum atomic E-state index is 13.3. The Morgan fingerprint density at radius 3 is 2.90 bits per heavy atom. The van der Waals surface area contributed by atoms with Gasteiger partial charge in [0.05, 0.1) is 0 Å². The molecule has 0 spiro atoms. The van der Waals surface area contributed by atoms with E-state index in [4.69, 9.17) is 0 Å². The summed E-state index contributed by atoms with van der Waals surface area (Å²) in [4.78, 5) is 13.4. The lowest BCUT2D eigenvalue weighted by atomic mass is 9.95. The van der Waals surface area contributed by atoms with E-state index in [1.807, 2.05) is 6.07 Å². The Hall–Kier alpha value is -1.62. The quantitative estimate of drug-likeness (QED) is 0.758. The zero-order valence-corrected chi connectivity index (χ0v) is 12.7. The zero-order chi connectivity index (χ0) is 15.5. The Balaban J connectivity index is 1.84. The average Bonchev–Trinajstić information content (AvgIpc) is 2.85. The van der Waals surface area contributed by atoms with Gasteiger partial charge in [0, 0.05) is 18.8 Å². The molecule has 1 aromatic carbocycles. The van der Waals surface area contributed by atoms with Crippen LogP contribution >= 0.6 is 0 Å². The standard InChI is InChI=1S/C16H23FN2O2/c1-16(18-2,15(20)21)8-3-4-9-19-10-7-12-5-6-13(17)11-14(12)19/h5-6,11,18H,3-4,7-10H2,1-2H3,(H,20,21). The molecule has 4 nitrogen and oxygen atoms in total. The number of carboxylic acid groups (broad SMARTS) is 1. The number of likely N-dealkylation sites (N-methyl/N-ethyl adjacent to an activating group) is 1. The first-order valence-corrected chi connectivity index (χ1v) is 7.42. The van der Waals surface area contributed by atoms with Crippen LogP contribution in [0.2, 0.25) is 0 Å². The van der Waals surface area contributed by atoms with Gasteiger partial charge < -0.3 is 15.3 Å². The lowest BCUT2D eigenvalue weighted by molar-refractivity contribution is -0.144. The molecule has 1 heterocycles. The van der Waals surface area contributed by atoms with Crippen LogP contribution in [0.3, 0.4) is 0 Å². The lowest BCUT2D eigenvalue weighted by Crippen LogP contribution is -2.47. The molecule has 0 radical (unpaired) electrons. The van der Waals surface area contributed by atoms with E-state index in [1.54, 1.807) is 20.0 Å². The second-order valence-electron chi connectivity index (χ2n) is 5.85. The number of hydrogen-bond acceptors (Lipinski definition) is 3. The van der Waals surface area contributed by atoms with Crippen LogP contribution in [0, 0.1) is 5.82 Å². The Morgan fingerprint density at radius 1 is 1.48 bits per heavy atom. The molecule has 21 heavy (non-hydrogen) atoms. The molecule has 1 unspecified atom stereocenters. The predicted octanol–water partition coefficient (Wildman–Crippen LogP) is 2.42. The highest BCUT2D eigenvalue weighted by molar-refractivity contribution is 5.78. The van der Waals surface area contributed by atoms with Crippen LogP contribution in [0.4, 0.5) is 10.1 Å². The fraction of sp³-hybridized carbons (Fsp3) is 0.562. The summed E-state index contributed by atoms with van der Waals surface area (Å²) in [6.07, 6.45) is 3.27. The highest BCUT2D eigenvalue weighted by Crippen LogP contribution is 2.29. The highest BCUT2D eigenvalue weighted by atomic mass is 19.1. The maximum Gasteiger partial charge on any atom is 0.323 e. The second kappa shape index (κ2) is 6.43. The van der Waals surface area contributed by atoms with E-state index in [0.717, 1.165) is 38.0 Å². The van der Waals surface area contributed by atoms with Gasteiger partial charge in [-0.1, -0.05) is 6.07 Å². The molecular weight excluding hydrogens is 271 g/mol. The van der Waals surface area contributed by atoms with Gasteiger partial charge in [0.1, 0.15) is 11.4 Å². The van der Waals surface area contributed by atoms with E-state index >= 15 is 0 Å². The zero-order valence-electron chi connectivity index (χ0n) is 12.7. The van der Waals surface area contributed by atoms with Crippen molar-refractivity contribution in [1.82, 2.24) is 5.32 Å². The fourth-order valence-electron chi connectivity index (χ4n) is 2.77. The van der Waals surface area contributed by atoms with E-state index in [0.29, 0.717) is 6.42 Å². The van der Waals surface area contributed by atoms with Crippen molar-refractivity contribution in [1.29, 1.82) is 0 Å². The van der Waals surface area contributed by atoms with Gasteiger partial charge in [0.2, 0.25) is 0 Å². The highest BCUT2D eigenvalue weighted by Gasteiger charge is 2.30. The Morgan fingerprint density at radius 2 is 2.24 bits per heavy atom. The molecule has 0 saturated heterocycles. The van der Waals surface area contributed by atoms with Crippen LogP contribution in [0.1, 0.15) is 31.7 Å². The predicted molar refractivity (Wildman–Crippen MR) is 81.3 cm³/mol. The summed E-state index contributed by atoms with van der Waals surface area (Å²) in [6.45, 7) is 3.47. The third-order valence-electron chi connectivity index (χ3n) is 4.42. The lowest BCUT2D eigenvalue weighted by Gasteiger charge is -2.25. The number of fused-ring (bicyclic) bond motifs is 1. The van der Waals surface area contributed by atoms with Gasteiger partial charge in [0.15, 0.2) is 0 Å². The smallest absolute Gasteiger partial charge is 0.323 e. The van der Waals surface area contributed by atoms with E-state index in [9.17, 15) is 14.3 Å². The molecular formula is C16H23FN2O2. The minimum absolute atomic E-state index is 0.200. The molecule has 116 valence electrons. The first-order chi connectivity index (χ1) is 9.96. The van der Waals surface area contributed by atoms with Crippen molar-refractivity contribution in [3.05, 3.63) is 29.6 Å². The topological polar surface area (TPSA) is 52.6 Å². The monoisotopic (exact) mass is 294 g/mol. The number of rotatable bonds is 7. The molecule has 1 aliphatic rings. The summed E-state index contributed by atoms with van der Waals surface area (Å²) in [7, 11) is 1.67. The van der Waals surface area contributed by atoms with Crippen LogP contribution in [-0.2, 0) is 11.2 Å². The summed E-state index contributed by atoms with van der Waals surface area (Å²) in [5.74, 6) is -1.02. The number of nitrogens with one attached hydrogen (secondary N) is 1. The fourth-order valence-corrected chi connectivity index (χ4v) is 2.77. The molecule has 0 bridgehead atoms. The van der Waals surface area contributed by atoms with Crippen molar-refractivity contribution in [2.45, 2.75) is 38.1 Å². The number of aliphatic carboxylic acids is 1. The number of anilines is 1. The molecule has 1 aromatic rings. The number of carbonyl (C=O) groups is 1. The van der Waals surface area contributed by atoms with E-state index in [-0.39, 0.29) is 5.82 Å². The molecule has 5 heteroatoms. The van der Waals surface area contributed by atoms with Gasteiger partial charge in [-0.15, -0.1) is 0 Å². The number of unbranched alkanes of at least 4 members (excludes halogenated alkanes) is 1. The minimum Gasteiger partial charge on any atom is -0.480 e. The number of benzene rings is 1. The van der Waals surface area contributed by atoms with Crippen molar-refractivity contribution in [2.24, 2.45) is 0 Å². The summed E-state index contributed by atoms with van der Waals surface area (Å²) >= 11 is 0. The van der Waals surface area contributed by atoms with Crippen molar-refractivity contribution in [3.8, 4) is 0 Å². The van der Waals surface area contributed by atoms with Crippen molar-refractivity contribution in [2.75, 3.05) is 25.0 Å². The van der Waals surface area contributed by atoms with Gasteiger partial charge in [-0.2, -0.15) is 0 Å². The van der Waals surface area contributed by atoms with Crippen molar-refractivity contribution >= 4 is 11.7 Å². The summed E-state index contributed by atoms with van der Waals surface area (Å²) in [5.41, 5.74) is 1.32. The molecule has 0 saturated carbocycles. The third-order valence-corrected chi connectivity index (χ3v) is 4.42. The van der Waals surface area contributed by atoms with Crippen LogP contribution in [0.5, 0.6) is 0 Å². The SMILES string of the molecule is CNC(C)(CCCCN1CCc2ccc(F)cc21)C(=O)O. The second-order valence-corrected chi connectivity index (χ2v) is 5.85. The first kappa shape index (κ1) is 15.8. The van der Waals surface area contributed by atoms with Gasteiger partial charge in [0.25, 0.3) is 0 Å². The van der Waals surface area contributed by atoms with Gasteiger partial charge >= 0.3 is 5.97 Å². The van der Waals surface area contributed by atoms with Gasteiger partial charge in [-0.25, -0.2) is 4.39 Å². The molecule has 2 rings (SSSR count). The van der Waals surface area contributed by atoms with E-state index in [2.05, 4.69) is 10.2 Å². The summed E-state index contributed by atoms with van der Waals surface area (Å²) in [6, 6.07) is 4.96. The molecule has 0 aliphatic carbocycles. The van der Waals surface area contributed by atoms with Gasteiger partial charge in [-0.3, -0.25) is 4.79 Å². The van der Waals surface area contributed by atoms with Crippen LogP contribution in [0.25, 0.3) is 0 Å². The van der Waals surface area contributed by atoms with Crippen LogP contribution < -0.4 is 10.2 Å². The van der Waals surface area contributed by atoms with E-state index < -0.39 is 11.5 Å². The van der Waals surface area contributed by atoms with Crippen molar-refractivity contribution in [3.63, 3.8) is 0 Å². The Bertz CT molecular complexity index is 521. The molecule has 0 fully saturated rings. The molecule has 1 aliphatic heterocycles. The average molecular weight is 294 g/mol. The number of carboxylic acids is 1. The molecule has 0 aromatic heterocycles. The summed E-state index contributed by atoms with van der Waals surface area (Å²) in [5, 5.41) is 12.1. The Labute approximate surface area is 125 Å². The third kappa shape index (κ3) is 3.53.